The maximum Gasteiger partial charge on any atom is 0.110 e. The van der Waals surface area contributed by atoms with Crippen LogP contribution in [-0.4, -0.2) is 0 Å². The van der Waals surface area contributed by atoms with Crippen molar-refractivity contribution in [1.29, 1.82) is 10.5 Å². The van der Waals surface area contributed by atoms with Gasteiger partial charge in [0.1, 0.15) is 10.9 Å². The molecule has 0 aliphatic carbocycles. The Bertz CT molecular complexity index is 599. The molecule has 0 fully saturated rings. The molecule has 0 bridgehead atoms. The maximum absolute atomic E-state index is 8.72. The molecule has 1 aromatic heterocycles. The highest BCUT2D eigenvalue weighted by Crippen LogP contribution is 2.15. The number of hydrogen-bond acceptors (Lipinski definition) is 4. The van der Waals surface area contributed by atoms with Gasteiger partial charge in [-0.2, -0.15) is 10.5 Å². The lowest BCUT2D eigenvalue weighted by atomic mass is 10.1. The predicted molar refractivity (Wildman–Crippen MR) is 70.7 cm³/mol. The number of benzene rings is 1. The lowest BCUT2D eigenvalue weighted by molar-refractivity contribution is 0.701. The van der Waals surface area contributed by atoms with E-state index in [1.165, 1.54) is 11.3 Å². The van der Waals surface area contributed by atoms with Crippen LogP contribution in [0.4, 0.5) is 0 Å². The van der Waals surface area contributed by atoms with E-state index in [0.29, 0.717) is 5.56 Å². The minimum Gasteiger partial charge on any atom is -0.308 e. The first kappa shape index (κ1) is 12.3. The second-order valence-corrected chi connectivity index (χ2v) is 4.96. The van der Waals surface area contributed by atoms with Crippen molar-refractivity contribution in [2.75, 3.05) is 0 Å². The van der Waals surface area contributed by atoms with Crippen LogP contribution in [0.5, 0.6) is 0 Å². The summed E-state index contributed by atoms with van der Waals surface area (Å²) in [4.78, 5) is 1.89. The van der Waals surface area contributed by atoms with Gasteiger partial charge in [-0.05, 0) is 29.8 Å². The Morgan fingerprint density at radius 2 is 1.72 bits per heavy atom. The van der Waals surface area contributed by atoms with Gasteiger partial charge in [0.05, 0.1) is 11.6 Å². The van der Waals surface area contributed by atoms with Crippen LogP contribution in [0.25, 0.3) is 0 Å². The van der Waals surface area contributed by atoms with Crippen molar-refractivity contribution < 1.29 is 0 Å². The molecule has 2 rings (SSSR count). The zero-order valence-corrected chi connectivity index (χ0v) is 10.5. The Morgan fingerprint density at radius 3 is 2.33 bits per heavy atom. The maximum atomic E-state index is 8.72. The molecule has 0 aliphatic heterocycles. The second-order valence-electron chi connectivity index (χ2n) is 3.79. The summed E-state index contributed by atoms with van der Waals surface area (Å²) in [5, 5.41) is 20.7. The molecule has 0 radical (unpaired) electrons. The molecule has 2 aromatic rings. The van der Waals surface area contributed by atoms with E-state index in [0.717, 1.165) is 28.4 Å². The molecule has 1 N–H and O–H groups in total. The summed E-state index contributed by atoms with van der Waals surface area (Å²) in [5.41, 5.74) is 1.82. The van der Waals surface area contributed by atoms with E-state index in [-0.39, 0.29) is 0 Å². The number of thiophene rings is 1. The van der Waals surface area contributed by atoms with Gasteiger partial charge in [-0.1, -0.05) is 12.1 Å². The molecular formula is C14H11N3S. The molecule has 1 heterocycles. The van der Waals surface area contributed by atoms with E-state index >= 15 is 0 Å². The van der Waals surface area contributed by atoms with E-state index in [9.17, 15) is 0 Å². The van der Waals surface area contributed by atoms with Crippen molar-refractivity contribution in [2.45, 2.75) is 13.1 Å². The zero-order chi connectivity index (χ0) is 12.8. The van der Waals surface area contributed by atoms with Crippen LogP contribution in [0.3, 0.4) is 0 Å². The fraction of sp³-hybridized carbons (Fsp3) is 0.143. The highest BCUT2D eigenvalue weighted by atomic mass is 32.1. The third kappa shape index (κ3) is 3.18. The Kier molecular flexibility index (Phi) is 4.09. The lowest BCUT2D eigenvalue weighted by Crippen LogP contribution is -2.11. The molecule has 1 aromatic carbocycles. The van der Waals surface area contributed by atoms with Crippen molar-refractivity contribution in [3.05, 3.63) is 57.3 Å². The summed E-state index contributed by atoms with van der Waals surface area (Å²) < 4.78 is 0. The molecule has 0 spiro atoms. The normalized spacial score (nSPS) is 9.67. The summed E-state index contributed by atoms with van der Waals surface area (Å²) in [7, 11) is 0. The van der Waals surface area contributed by atoms with Gasteiger partial charge in [0, 0.05) is 18.0 Å². The van der Waals surface area contributed by atoms with Crippen molar-refractivity contribution in [2.24, 2.45) is 0 Å². The van der Waals surface area contributed by atoms with Crippen LogP contribution in [0.15, 0.2) is 36.4 Å². The molecular weight excluding hydrogens is 242 g/mol. The van der Waals surface area contributed by atoms with Gasteiger partial charge in [-0.25, -0.2) is 0 Å². The summed E-state index contributed by atoms with van der Waals surface area (Å²) in [6, 6.07) is 15.5. The van der Waals surface area contributed by atoms with E-state index in [1.54, 1.807) is 0 Å². The van der Waals surface area contributed by atoms with Crippen LogP contribution < -0.4 is 5.32 Å². The van der Waals surface area contributed by atoms with Crippen LogP contribution in [-0.2, 0) is 13.1 Å². The van der Waals surface area contributed by atoms with Crippen molar-refractivity contribution in [3.8, 4) is 12.1 Å². The monoisotopic (exact) mass is 253 g/mol. The first-order chi connectivity index (χ1) is 8.81. The molecule has 0 atom stereocenters. The van der Waals surface area contributed by atoms with Gasteiger partial charge >= 0.3 is 0 Å². The Hall–Kier alpha value is -2.14. The Labute approximate surface area is 110 Å². The van der Waals surface area contributed by atoms with Gasteiger partial charge in [-0.3, -0.25) is 0 Å². The SMILES string of the molecule is N#Cc1ccc(CNCc2ccc(C#N)s2)cc1. The van der Waals surface area contributed by atoms with Gasteiger partial charge in [0.15, 0.2) is 0 Å². The fourth-order valence-corrected chi connectivity index (χ4v) is 2.33. The molecule has 88 valence electrons. The van der Waals surface area contributed by atoms with E-state index in [2.05, 4.69) is 17.5 Å². The Balaban J connectivity index is 1.85. The standard InChI is InChI=1S/C14H11N3S/c15-7-11-1-3-12(4-2-11)9-17-10-14-6-5-13(8-16)18-14/h1-6,17H,9-10H2. The molecule has 0 aliphatic rings. The van der Waals surface area contributed by atoms with Crippen molar-refractivity contribution in [3.63, 3.8) is 0 Å². The third-order valence-corrected chi connectivity index (χ3v) is 3.47. The van der Waals surface area contributed by atoms with E-state index < -0.39 is 0 Å². The minimum absolute atomic E-state index is 0.677. The fourth-order valence-electron chi connectivity index (χ4n) is 1.56. The average molecular weight is 253 g/mol. The van der Waals surface area contributed by atoms with E-state index in [1.807, 2.05) is 36.4 Å². The predicted octanol–water partition coefficient (Wildman–Crippen LogP) is 2.78. The summed E-state index contributed by atoms with van der Waals surface area (Å²) >= 11 is 1.51. The molecule has 3 nitrogen and oxygen atoms in total. The van der Waals surface area contributed by atoms with Gasteiger partial charge in [0.25, 0.3) is 0 Å². The van der Waals surface area contributed by atoms with Crippen LogP contribution >= 0.6 is 11.3 Å². The molecule has 0 saturated heterocycles. The van der Waals surface area contributed by atoms with Crippen molar-refractivity contribution >= 4 is 11.3 Å². The summed E-state index contributed by atoms with van der Waals surface area (Å²) in [5.74, 6) is 0. The minimum atomic E-state index is 0.677. The van der Waals surface area contributed by atoms with Crippen LogP contribution in [0.1, 0.15) is 20.9 Å². The smallest absolute Gasteiger partial charge is 0.110 e. The lowest BCUT2D eigenvalue weighted by Gasteiger charge is -2.03. The first-order valence-electron chi connectivity index (χ1n) is 5.50. The van der Waals surface area contributed by atoms with Crippen LogP contribution in [0.2, 0.25) is 0 Å². The first-order valence-corrected chi connectivity index (χ1v) is 6.32. The van der Waals surface area contributed by atoms with Gasteiger partial charge in [0.2, 0.25) is 0 Å². The Morgan fingerprint density at radius 1 is 0.944 bits per heavy atom. The quantitative estimate of drug-likeness (QED) is 0.911. The number of hydrogen-bond donors (Lipinski definition) is 1. The highest BCUT2D eigenvalue weighted by molar-refractivity contribution is 7.12. The molecule has 0 amide bonds. The molecule has 18 heavy (non-hydrogen) atoms. The highest BCUT2D eigenvalue weighted by Gasteiger charge is 1.99. The largest absolute Gasteiger partial charge is 0.308 e. The second kappa shape index (κ2) is 5.97. The zero-order valence-electron chi connectivity index (χ0n) is 9.68. The molecule has 0 saturated carbocycles. The van der Waals surface area contributed by atoms with Gasteiger partial charge in [-0.15, -0.1) is 11.3 Å². The number of rotatable bonds is 4. The van der Waals surface area contributed by atoms with E-state index in [4.69, 9.17) is 10.5 Å². The molecule has 4 heteroatoms. The average Bonchev–Trinajstić information content (AvgIpc) is 2.87. The topological polar surface area (TPSA) is 59.6 Å². The summed E-state index contributed by atoms with van der Waals surface area (Å²) in [6.07, 6.45) is 0. The van der Waals surface area contributed by atoms with Crippen molar-refractivity contribution in [1.82, 2.24) is 5.32 Å². The number of nitrogens with zero attached hydrogens (tertiary/aromatic N) is 2. The van der Waals surface area contributed by atoms with Gasteiger partial charge < -0.3 is 5.32 Å². The molecule has 0 unspecified atom stereocenters. The van der Waals surface area contributed by atoms with Crippen LogP contribution in [0, 0.1) is 22.7 Å². The number of nitriles is 2. The number of nitrogens with one attached hydrogen (secondary N) is 1. The summed E-state index contributed by atoms with van der Waals surface area (Å²) in [6.45, 7) is 1.51. The third-order valence-electron chi connectivity index (χ3n) is 2.48.